The van der Waals surface area contributed by atoms with Crippen LogP contribution in [0.25, 0.3) is 22.3 Å². The van der Waals surface area contributed by atoms with Crippen LogP contribution in [-0.2, 0) is 16.6 Å². The number of rotatable bonds is 4. The predicted octanol–water partition coefficient (Wildman–Crippen LogP) is 0.696. The number of hydrogen-bond donors (Lipinski definition) is 1. The molecule has 134 valence electrons. The summed E-state index contributed by atoms with van der Waals surface area (Å²) in [6.45, 7) is 3.20. The highest BCUT2D eigenvalue weighted by molar-refractivity contribution is 5.93. The van der Waals surface area contributed by atoms with Crippen LogP contribution in [0.4, 0.5) is 5.82 Å². The summed E-state index contributed by atoms with van der Waals surface area (Å²) in [7, 11) is 1.88. The topological polar surface area (TPSA) is 98.1 Å². The molecule has 1 aliphatic heterocycles. The Bertz CT molecular complexity index is 934. The summed E-state index contributed by atoms with van der Waals surface area (Å²) in [5.41, 5.74) is 1.61. The van der Waals surface area contributed by atoms with Crippen LogP contribution in [0.15, 0.2) is 30.9 Å². The number of aromatic nitrogens is 5. The SMILES string of the molecule is Cn1cnnc1-c1cnc2cnc(NC(=O)CN3CCOCC3)cc2c1. The molecule has 9 nitrogen and oxygen atoms in total. The molecule has 4 heterocycles. The maximum Gasteiger partial charge on any atom is 0.239 e. The van der Waals surface area contributed by atoms with Crippen LogP contribution in [-0.4, -0.2) is 68.4 Å². The van der Waals surface area contributed by atoms with Gasteiger partial charge in [0.25, 0.3) is 0 Å². The summed E-state index contributed by atoms with van der Waals surface area (Å²) < 4.78 is 7.12. The van der Waals surface area contributed by atoms with E-state index in [-0.39, 0.29) is 5.91 Å². The smallest absolute Gasteiger partial charge is 0.239 e. The van der Waals surface area contributed by atoms with Crippen molar-refractivity contribution in [3.8, 4) is 11.4 Å². The average molecular weight is 353 g/mol. The van der Waals surface area contributed by atoms with Crippen molar-refractivity contribution in [2.75, 3.05) is 38.2 Å². The summed E-state index contributed by atoms with van der Waals surface area (Å²) in [4.78, 5) is 23.0. The van der Waals surface area contributed by atoms with Crippen molar-refractivity contribution in [1.29, 1.82) is 0 Å². The van der Waals surface area contributed by atoms with Crippen LogP contribution in [0, 0.1) is 0 Å². The molecule has 0 radical (unpaired) electrons. The van der Waals surface area contributed by atoms with Crippen LogP contribution in [0.5, 0.6) is 0 Å². The average Bonchev–Trinajstić information content (AvgIpc) is 3.08. The third-order valence-electron chi connectivity index (χ3n) is 4.28. The molecule has 0 aromatic carbocycles. The van der Waals surface area contributed by atoms with E-state index in [0.717, 1.165) is 35.4 Å². The molecule has 0 bridgehead atoms. The predicted molar refractivity (Wildman–Crippen MR) is 95.4 cm³/mol. The fraction of sp³-hybridized carbons (Fsp3) is 0.353. The van der Waals surface area contributed by atoms with Gasteiger partial charge < -0.3 is 14.6 Å². The van der Waals surface area contributed by atoms with E-state index in [4.69, 9.17) is 4.74 Å². The van der Waals surface area contributed by atoms with Gasteiger partial charge in [0.15, 0.2) is 5.82 Å². The maximum absolute atomic E-state index is 12.2. The van der Waals surface area contributed by atoms with Gasteiger partial charge in [-0.25, -0.2) is 4.98 Å². The fourth-order valence-corrected chi connectivity index (χ4v) is 2.91. The van der Waals surface area contributed by atoms with Gasteiger partial charge in [-0.1, -0.05) is 0 Å². The largest absolute Gasteiger partial charge is 0.379 e. The van der Waals surface area contributed by atoms with Gasteiger partial charge in [-0.2, -0.15) is 0 Å². The molecule has 1 saturated heterocycles. The van der Waals surface area contributed by atoms with Gasteiger partial charge in [0, 0.05) is 37.3 Å². The van der Waals surface area contributed by atoms with E-state index >= 15 is 0 Å². The first-order chi connectivity index (χ1) is 12.7. The second-order valence-electron chi connectivity index (χ2n) is 6.19. The number of fused-ring (bicyclic) bond motifs is 1. The van der Waals surface area contributed by atoms with Crippen molar-refractivity contribution in [2.45, 2.75) is 0 Å². The number of pyridine rings is 2. The number of carbonyl (C=O) groups is 1. The zero-order chi connectivity index (χ0) is 17.9. The van der Waals surface area contributed by atoms with Crippen LogP contribution >= 0.6 is 0 Å². The molecule has 0 saturated carbocycles. The van der Waals surface area contributed by atoms with Crippen LogP contribution in [0.1, 0.15) is 0 Å². The number of aryl methyl sites for hydroxylation is 1. The summed E-state index contributed by atoms with van der Waals surface area (Å²) in [5.74, 6) is 1.15. The number of nitrogens with zero attached hydrogens (tertiary/aromatic N) is 6. The second kappa shape index (κ2) is 7.14. The summed E-state index contributed by atoms with van der Waals surface area (Å²) >= 11 is 0. The van der Waals surface area contributed by atoms with Gasteiger partial charge in [-0.3, -0.25) is 14.7 Å². The summed E-state index contributed by atoms with van der Waals surface area (Å²) in [6.07, 6.45) is 5.04. The Morgan fingerprint density at radius 1 is 1.23 bits per heavy atom. The number of hydrogen-bond acceptors (Lipinski definition) is 7. The van der Waals surface area contributed by atoms with E-state index in [2.05, 4.69) is 30.4 Å². The molecule has 4 rings (SSSR count). The first-order valence-electron chi connectivity index (χ1n) is 8.39. The van der Waals surface area contributed by atoms with Crippen molar-refractivity contribution in [2.24, 2.45) is 7.05 Å². The second-order valence-corrected chi connectivity index (χ2v) is 6.19. The highest BCUT2D eigenvalue weighted by Gasteiger charge is 2.15. The molecule has 9 heteroatoms. The fourth-order valence-electron chi connectivity index (χ4n) is 2.91. The molecular weight excluding hydrogens is 334 g/mol. The molecule has 1 N–H and O–H groups in total. The Morgan fingerprint density at radius 3 is 2.85 bits per heavy atom. The first kappa shape index (κ1) is 16.6. The summed E-state index contributed by atoms with van der Waals surface area (Å²) in [6, 6.07) is 3.78. The normalized spacial score (nSPS) is 15.3. The molecule has 0 atom stereocenters. The molecule has 0 spiro atoms. The lowest BCUT2D eigenvalue weighted by atomic mass is 10.2. The number of ether oxygens (including phenoxy) is 1. The van der Waals surface area contributed by atoms with Crippen molar-refractivity contribution in [3.63, 3.8) is 0 Å². The Hall–Kier alpha value is -2.91. The maximum atomic E-state index is 12.2. The van der Waals surface area contributed by atoms with Crippen LogP contribution in [0.2, 0.25) is 0 Å². The lowest BCUT2D eigenvalue weighted by molar-refractivity contribution is -0.118. The Morgan fingerprint density at radius 2 is 2.08 bits per heavy atom. The molecule has 0 unspecified atom stereocenters. The van der Waals surface area contributed by atoms with E-state index in [1.54, 1.807) is 18.7 Å². The van der Waals surface area contributed by atoms with Crippen molar-refractivity contribution in [3.05, 3.63) is 30.9 Å². The summed E-state index contributed by atoms with van der Waals surface area (Å²) in [5, 5.41) is 11.7. The minimum atomic E-state index is -0.0869. The third kappa shape index (κ3) is 3.53. The van der Waals surface area contributed by atoms with Gasteiger partial charge in [-0.15, -0.1) is 10.2 Å². The van der Waals surface area contributed by atoms with Gasteiger partial charge in [-0.05, 0) is 12.1 Å². The minimum Gasteiger partial charge on any atom is -0.379 e. The quantitative estimate of drug-likeness (QED) is 0.737. The first-order valence-corrected chi connectivity index (χ1v) is 8.39. The van der Waals surface area contributed by atoms with Gasteiger partial charge in [0.2, 0.25) is 5.91 Å². The number of carbonyl (C=O) groups excluding carboxylic acids is 1. The van der Waals surface area contributed by atoms with Gasteiger partial charge >= 0.3 is 0 Å². The van der Waals surface area contributed by atoms with E-state index in [1.165, 1.54) is 0 Å². The minimum absolute atomic E-state index is 0.0869. The lowest BCUT2D eigenvalue weighted by Gasteiger charge is -2.25. The number of anilines is 1. The molecule has 26 heavy (non-hydrogen) atoms. The van der Waals surface area contributed by atoms with Gasteiger partial charge in [0.1, 0.15) is 12.1 Å². The number of amides is 1. The standard InChI is InChI=1S/C17H19N7O2/c1-23-11-20-22-17(23)13-6-12-7-15(19-9-14(12)18-8-13)21-16(25)10-24-2-4-26-5-3-24/h6-9,11H,2-5,10H2,1H3,(H,19,21,25). The van der Waals surface area contributed by atoms with Crippen molar-refractivity contribution in [1.82, 2.24) is 29.6 Å². The highest BCUT2D eigenvalue weighted by Crippen LogP contribution is 2.21. The molecule has 1 aliphatic rings. The lowest BCUT2D eigenvalue weighted by Crippen LogP contribution is -2.41. The van der Waals surface area contributed by atoms with Crippen LogP contribution in [0.3, 0.4) is 0 Å². The highest BCUT2D eigenvalue weighted by atomic mass is 16.5. The third-order valence-corrected chi connectivity index (χ3v) is 4.28. The van der Waals surface area contributed by atoms with E-state index in [1.807, 2.05) is 23.7 Å². The monoisotopic (exact) mass is 353 g/mol. The molecule has 1 fully saturated rings. The number of morpholine rings is 1. The van der Waals surface area contributed by atoms with E-state index < -0.39 is 0 Å². The zero-order valence-electron chi connectivity index (χ0n) is 14.4. The van der Waals surface area contributed by atoms with Crippen LogP contribution < -0.4 is 5.32 Å². The number of nitrogens with one attached hydrogen (secondary N) is 1. The molecule has 3 aromatic heterocycles. The molecule has 3 aromatic rings. The molecular formula is C17H19N7O2. The Labute approximate surface area is 150 Å². The van der Waals surface area contributed by atoms with Crippen molar-refractivity contribution >= 4 is 22.6 Å². The Kier molecular flexibility index (Phi) is 4.55. The van der Waals surface area contributed by atoms with E-state index in [0.29, 0.717) is 25.6 Å². The van der Waals surface area contributed by atoms with E-state index in [9.17, 15) is 4.79 Å². The molecule has 0 aliphatic carbocycles. The van der Waals surface area contributed by atoms with Gasteiger partial charge in [0.05, 0.1) is 31.5 Å². The zero-order valence-corrected chi connectivity index (χ0v) is 14.4. The van der Waals surface area contributed by atoms with Crippen molar-refractivity contribution < 1.29 is 9.53 Å². The Balaban J connectivity index is 1.52. The molecule has 1 amide bonds.